The van der Waals surface area contributed by atoms with Gasteiger partial charge >= 0.3 is 0 Å². The van der Waals surface area contributed by atoms with Gasteiger partial charge in [0.2, 0.25) is 0 Å². The first-order valence-electron chi connectivity index (χ1n) is 4.63. The molecule has 0 aliphatic carbocycles. The summed E-state index contributed by atoms with van der Waals surface area (Å²) in [5.74, 6) is -0.171. The maximum absolute atomic E-state index is 12.9. The summed E-state index contributed by atoms with van der Waals surface area (Å²) < 4.78 is 12.9. The van der Waals surface area contributed by atoms with Gasteiger partial charge in [-0.15, -0.1) is 0 Å². The average molecular weight is 189 g/mol. The molecule has 0 atom stereocenters. The smallest absolute Gasteiger partial charge is 0.123 e. The number of aromatic amines is 1. The Kier molecular flexibility index (Phi) is 2.35. The lowest BCUT2D eigenvalue weighted by Crippen LogP contribution is -1.89. The Labute approximate surface area is 82.6 Å². The fraction of sp³-hybridized carbons (Fsp3) is 0.167. The van der Waals surface area contributed by atoms with Crippen molar-refractivity contribution in [2.45, 2.75) is 13.3 Å². The Bertz CT molecular complexity index is 431. The quantitative estimate of drug-likeness (QED) is 0.747. The van der Waals surface area contributed by atoms with Crippen LogP contribution in [-0.2, 0) is 6.42 Å². The molecule has 0 spiro atoms. The van der Waals surface area contributed by atoms with Crippen LogP contribution in [0.1, 0.15) is 16.8 Å². The van der Waals surface area contributed by atoms with Crippen LogP contribution in [0.5, 0.6) is 0 Å². The SMILES string of the molecule is Cc1[nH]ccc1Cc1cccc(F)c1. The first-order valence-corrected chi connectivity index (χ1v) is 4.63. The molecule has 0 radical (unpaired) electrons. The van der Waals surface area contributed by atoms with E-state index in [9.17, 15) is 4.39 Å². The molecule has 1 nitrogen and oxygen atoms in total. The molecule has 1 heterocycles. The number of benzene rings is 1. The second-order valence-electron chi connectivity index (χ2n) is 3.43. The number of hydrogen-bond acceptors (Lipinski definition) is 0. The number of aryl methyl sites for hydroxylation is 1. The van der Waals surface area contributed by atoms with Crippen LogP contribution < -0.4 is 0 Å². The van der Waals surface area contributed by atoms with Gasteiger partial charge in [0.25, 0.3) is 0 Å². The minimum absolute atomic E-state index is 0.171. The van der Waals surface area contributed by atoms with E-state index >= 15 is 0 Å². The summed E-state index contributed by atoms with van der Waals surface area (Å²) in [6.07, 6.45) is 2.69. The normalized spacial score (nSPS) is 10.4. The van der Waals surface area contributed by atoms with Gasteiger partial charge in [-0.25, -0.2) is 4.39 Å². The number of nitrogens with one attached hydrogen (secondary N) is 1. The lowest BCUT2D eigenvalue weighted by atomic mass is 10.1. The van der Waals surface area contributed by atoms with Crippen molar-refractivity contribution in [1.29, 1.82) is 0 Å². The zero-order valence-corrected chi connectivity index (χ0v) is 8.05. The molecule has 1 aromatic carbocycles. The first kappa shape index (κ1) is 9.00. The van der Waals surface area contributed by atoms with Crippen molar-refractivity contribution in [2.24, 2.45) is 0 Å². The van der Waals surface area contributed by atoms with E-state index in [1.807, 2.05) is 25.3 Å². The summed E-state index contributed by atoms with van der Waals surface area (Å²) in [4.78, 5) is 3.11. The van der Waals surface area contributed by atoms with E-state index < -0.39 is 0 Å². The van der Waals surface area contributed by atoms with E-state index in [1.54, 1.807) is 12.1 Å². The van der Waals surface area contributed by atoms with Gasteiger partial charge in [0.1, 0.15) is 5.82 Å². The molecule has 1 N–H and O–H groups in total. The van der Waals surface area contributed by atoms with Gasteiger partial charge in [-0.05, 0) is 42.7 Å². The summed E-state index contributed by atoms with van der Waals surface area (Å²) in [5, 5.41) is 0. The Morgan fingerprint density at radius 1 is 1.29 bits per heavy atom. The van der Waals surface area contributed by atoms with Crippen molar-refractivity contribution in [3.8, 4) is 0 Å². The van der Waals surface area contributed by atoms with E-state index in [-0.39, 0.29) is 5.82 Å². The largest absolute Gasteiger partial charge is 0.365 e. The maximum atomic E-state index is 12.9. The molecule has 0 aliphatic heterocycles. The summed E-state index contributed by atoms with van der Waals surface area (Å²) in [6.45, 7) is 2.02. The molecule has 2 rings (SSSR count). The zero-order valence-electron chi connectivity index (χ0n) is 8.05. The second-order valence-corrected chi connectivity index (χ2v) is 3.43. The molecule has 0 fully saturated rings. The Balaban J connectivity index is 2.23. The van der Waals surface area contributed by atoms with Crippen molar-refractivity contribution in [1.82, 2.24) is 4.98 Å². The van der Waals surface area contributed by atoms with Crippen LogP contribution in [0.4, 0.5) is 4.39 Å². The van der Waals surface area contributed by atoms with Crippen LogP contribution in [0.15, 0.2) is 36.5 Å². The Morgan fingerprint density at radius 2 is 2.14 bits per heavy atom. The monoisotopic (exact) mass is 189 g/mol. The fourth-order valence-electron chi connectivity index (χ4n) is 1.54. The van der Waals surface area contributed by atoms with Gasteiger partial charge in [-0.1, -0.05) is 12.1 Å². The highest BCUT2D eigenvalue weighted by Gasteiger charge is 2.01. The lowest BCUT2D eigenvalue weighted by Gasteiger charge is -2.00. The molecular weight excluding hydrogens is 177 g/mol. The molecule has 1 aromatic heterocycles. The minimum Gasteiger partial charge on any atom is -0.365 e. The van der Waals surface area contributed by atoms with E-state index in [1.165, 1.54) is 11.6 Å². The van der Waals surface area contributed by atoms with Gasteiger partial charge in [-0.3, -0.25) is 0 Å². The predicted molar refractivity (Wildman–Crippen MR) is 54.7 cm³/mol. The topological polar surface area (TPSA) is 15.8 Å². The maximum Gasteiger partial charge on any atom is 0.123 e. The van der Waals surface area contributed by atoms with Crippen LogP contribution >= 0.6 is 0 Å². The molecule has 0 saturated carbocycles. The molecule has 0 bridgehead atoms. The molecule has 0 aliphatic rings. The highest BCUT2D eigenvalue weighted by Crippen LogP contribution is 2.13. The molecule has 0 saturated heterocycles. The highest BCUT2D eigenvalue weighted by molar-refractivity contribution is 5.28. The number of rotatable bonds is 2. The van der Waals surface area contributed by atoms with Crippen molar-refractivity contribution in [3.05, 3.63) is 59.2 Å². The molecule has 14 heavy (non-hydrogen) atoms. The molecule has 0 amide bonds. The standard InChI is InChI=1S/C12H12FN/c1-9-11(5-6-14-9)7-10-3-2-4-12(13)8-10/h2-6,8,14H,7H2,1H3. The third-order valence-corrected chi connectivity index (χ3v) is 2.35. The summed E-state index contributed by atoms with van der Waals surface area (Å²) >= 11 is 0. The van der Waals surface area contributed by atoms with Crippen LogP contribution in [0, 0.1) is 12.7 Å². The van der Waals surface area contributed by atoms with Crippen LogP contribution in [0.3, 0.4) is 0 Å². The van der Waals surface area contributed by atoms with E-state index in [2.05, 4.69) is 4.98 Å². The average Bonchev–Trinajstić information content (AvgIpc) is 2.52. The number of hydrogen-bond donors (Lipinski definition) is 1. The third kappa shape index (κ3) is 1.84. The van der Waals surface area contributed by atoms with Crippen molar-refractivity contribution in [2.75, 3.05) is 0 Å². The minimum atomic E-state index is -0.171. The van der Waals surface area contributed by atoms with Gasteiger partial charge in [0.15, 0.2) is 0 Å². The van der Waals surface area contributed by atoms with E-state index in [4.69, 9.17) is 0 Å². The van der Waals surface area contributed by atoms with Crippen molar-refractivity contribution < 1.29 is 4.39 Å². The van der Waals surface area contributed by atoms with Gasteiger partial charge in [-0.2, -0.15) is 0 Å². The molecule has 2 heteroatoms. The molecule has 0 unspecified atom stereocenters. The predicted octanol–water partition coefficient (Wildman–Crippen LogP) is 3.05. The Morgan fingerprint density at radius 3 is 2.79 bits per heavy atom. The van der Waals surface area contributed by atoms with E-state index in [0.717, 1.165) is 17.7 Å². The zero-order chi connectivity index (χ0) is 9.97. The summed E-state index contributed by atoms with van der Waals surface area (Å²) in [5.41, 5.74) is 3.37. The number of aromatic nitrogens is 1. The first-order chi connectivity index (χ1) is 6.75. The third-order valence-electron chi connectivity index (χ3n) is 2.35. The summed E-state index contributed by atoms with van der Waals surface area (Å²) in [7, 11) is 0. The van der Waals surface area contributed by atoms with Gasteiger partial charge in [0.05, 0.1) is 0 Å². The van der Waals surface area contributed by atoms with Crippen molar-refractivity contribution >= 4 is 0 Å². The van der Waals surface area contributed by atoms with E-state index in [0.29, 0.717) is 0 Å². The molecule has 2 aromatic rings. The fourth-order valence-corrected chi connectivity index (χ4v) is 1.54. The number of H-pyrrole nitrogens is 1. The summed E-state index contributed by atoms with van der Waals surface area (Å²) in [6, 6.07) is 8.75. The lowest BCUT2D eigenvalue weighted by molar-refractivity contribution is 0.626. The second kappa shape index (κ2) is 3.66. The van der Waals surface area contributed by atoms with Gasteiger partial charge < -0.3 is 4.98 Å². The molecular formula is C12H12FN. The number of halogens is 1. The van der Waals surface area contributed by atoms with Crippen molar-refractivity contribution in [3.63, 3.8) is 0 Å². The van der Waals surface area contributed by atoms with Crippen LogP contribution in [0.2, 0.25) is 0 Å². The highest BCUT2D eigenvalue weighted by atomic mass is 19.1. The Hall–Kier alpha value is -1.57. The molecule has 72 valence electrons. The van der Waals surface area contributed by atoms with Gasteiger partial charge in [0, 0.05) is 11.9 Å². The van der Waals surface area contributed by atoms with Crippen LogP contribution in [-0.4, -0.2) is 4.98 Å². The van der Waals surface area contributed by atoms with Crippen LogP contribution in [0.25, 0.3) is 0 Å².